The molecular weight excluding hydrogens is 317 g/mol. The summed E-state index contributed by atoms with van der Waals surface area (Å²) in [4.78, 5) is 0. The third-order valence-electron chi connectivity index (χ3n) is 2.60. The topological polar surface area (TPSA) is 57.9 Å². The molecule has 0 saturated heterocycles. The molecule has 1 unspecified atom stereocenters. The van der Waals surface area contributed by atoms with E-state index in [-0.39, 0.29) is 5.88 Å². The molecule has 112 valence electrons. The highest BCUT2D eigenvalue weighted by atomic mass is 35.5. The molecular formula is C9H11ClF5NO2S. The standard InChI is InChI=1S/C9H11ClF5NO2S/c1-7(6-16,19(17,18)5-4-10)2-3-8(11,12)9(13,14)15/h2-5H2,1H3. The predicted molar refractivity (Wildman–Crippen MR) is 58.8 cm³/mol. The van der Waals surface area contributed by atoms with Crippen LogP contribution in [0.25, 0.3) is 0 Å². The van der Waals surface area contributed by atoms with Gasteiger partial charge in [0.25, 0.3) is 0 Å². The lowest BCUT2D eigenvalue weighted by atomic mass is 10.0. The molecule has 0 aromatic carbocycles. The fourth-order valence-electron chi connectivity index (χ4n) is 1.15. The zero-order valence-electron chi connectivity index (χ0n) is 9.77. The minimum absolute atomic E-state index is 0.380. The zero-order valence-corrected chi connectivity index (χ0v) is 11.3. The summed E-state index contributed by atoms with van der Waals surface area (Å²) in [5.41, 5.74) is 0. The van der Waals surface area contributed by atoms with E-state index in [4.69, 9.17) is 16.9 Å². The first-order chi connectivity index (χ1) is 8.33. The molecule has 3 nitrogen and oxygen atoms in total. The molecule has 0 spiro atoms. The van der Waals surface area contributed by atoms with Crippen LogP contribution in [-0.2, 0) is 9.84 Å². The summed E-state index contributed by atoms with van der Waals surface area (Å²) in [5, 5.41) is 8.75. The first-order valence-corrected chi connectivity index (χ1v) is 7.16. The molecule has 0 aliphatic heterocycles. The van der Waals surface area contributed by atoms with Gasteiger partial charge in [-0.15, -0.1) is 11.6 Å². The van der Waals surface area contributed by atoms with E-state index in [2.05, 4.69) is 0 Å². The Labute approximate surface area is 112 Å². The molecule has 0 heterocycles. The van der Waals surface area contributed by atoms with Crippen molar-refractivity contribution in [2.75, 3.05) is 11.6 Å². The van der Waals surface area contributed by atoms with Crippen molar-refractivity contribution >= 4 is 21.4 Å². The predicted octanol–water partition coefficient (Wildman–Crippen LogP) is 2.90. The molecule has 1 atom stereocenters. The number of nitriles is 1. The summed E-state index contributed by atoms with van der Waals surface area (Å²) in [6.45, 7) is 0.807. The average molecular weight is 328 g/mol. The third kappa shape index (κ3) is 4.18. The maximum atomic E-state index is 12.7. The molecule has 0 radical (unpaired) electrons. The Hall–Kier alpha value is -0.620. The quantitative estimate of drug-likeness (QED) is 0.557. The minimum Gasteiger partial charge on any atom is -0.227 e. The Morgan fingerprint density at radius 1 is 1.16 bits per heavy atom. The lowest BCUT2D eigenvalue weighted by Crippen LogP contribution is -2.42. The zero-order chi connectivity index (χ0) is 15.5. The number of hydrogen-bond acceptors (Lipinski definition) is 3. The highest BCUT2D eigenvalue weighted by molar-refractivity contribution is 7.93. The Balaban J connectivity index is 5.11. The monoisotopic (exact) mass is 327 g/mol. The number of alkyl halides is 6. The van der Waals surface area contributed by atoms with Crippen molar-refractivity contribution in [3.8, 4) is 6.07 Å². The molecule has 0 aromatic rings. The Kier molecular flexibility index (Phi) is 5.60. The van der Waals surface area contributed by atoms with Crippen LogP contribution in [0.5, 0.6) is 0 Å². The lowest BCUT2D eigenvalue weighted by molar-refractivity contribution is -0.284. The summed E-state index contributed by atoms with van der Waals surface area (Å²) in [6.07, 6.45) is -8.68. The van der Waals surface area contributed by atoms with E-state index < -0.39 is 45.3 Å². The van der Waals surface area contributed by atoms with E-state index in [1.165, 1.54) is 6.07 Å². The molecule has 0 aliphatic rings. The van der Waals surface area contributed by atoms with Crippen LogP contribution in [0.1, 0.15) is 19.8 Å². The Morgan fingerprint density at radius 3 is 1.95 bits per heavy atom. The van der Waals surface area contributed by atoms with Crippen LogP contribution in [0.2, 0.25) is 0 Å². The molecule has 0 saturated carbocycles. The van der Waals surface area contributed by atoms with Gasteiger partial charge in [-0.2, -0.15) is 27.2 Å². The van der Waals surface area contributed by atoms with Gasteiger partial charge < -0.3 is 0 Å². The lowest BCUT2D eigenvalue weighted by Gasteiger charge is -2.25. The summed E-state index contributed by atoms with van der Waals surface area (Å²) >= 11 is 5.20. The molecule has 0 fully saturated rings. The average Bonchev–Trinajstić information content (AvgIpc) is 2.24. The maximum Gasteiger partial charge on any atom is 0.453 e. The van der Waals surface area contributed by atoms with Crippen molar-refractivity contribution in [3.05, 3.63) is 0 Å². The second kappa shape index (κ2) is 5.79. The smallest absolute Gasteiger partial charge is 0.227 e. The van der Waals surface area contributed by atoms with Gasteiger partial charge in [0.05, 0.1) is 11.8 Å². The van der Waals surface area contributed by atoms with Gasteiger partial charge in [-0.05, 0) is 13.3 Å². The van der Waals surface area contributed by atoms with Crippen molar-refractivity contribution in [3.63, 3.8) is 0 Å². The van der Waals surface area contributed by atoms with Gasteiger partial charge >= 0.3 is 12.1 Å². The van der Waals surface area contributed by atoms with E-state index in [0.717, 1.165) is 6.92 Å². The van der Waals surface area contributed by atoms with Crippen LogP contribution in [0.3, 0.4) is 0 Å². The van der Waals surface area contributed by atoms with E-state index in [1.807, 2.05) is 0 Å². The normalized spacial score (nSPS) is 16.7. The molecule has 0 aromatic heterocycles. The van der Waals surface area contributed by atoms with Gasteiger partial charge in [-0.25, -0.2) is 8.42 Å². The molecule has 0 bridgehead atoms. The summed E-state index contributed by atoms with van der Waals surface area (Å²) in [7, 11) is -4.18. The fraction of sp³-hybridized carbons (Fsp3) is 0.889. The fourth-order valence-corrected chi connectivity index (χ4v) is 2.96. The van der Waals surface area contributed by atoms with E-state index in [0.29, 0.717) is 0 Å². The Bertz CT molecular complexity index is 456. The van der Waals surface area contributed by atoms with E-state index in [1.54, 1.807) is 0 Å². The second-order valence-corrected chi connectivity index (χ2v) is 6.97. The molecule has 19 heavy (non-hydrogen) atoms. The van der Waals surface area contributed by atoms with Gasteiger partial charge in [0.15, 0.2) is 14.6 Å². The summed E-state index contributed by atoms with van der Waals surface area (Å²) in [5.74, 6) is -6.09. The summed E-state index contributed by atoms with van der Waals surface area (Å²) in [6, 6.07) is 1.28. The first-order valence-electron chi connectivity index (χ1n) is 4.97. The Morgan fingerprint density at radius 2 is 1.63 bits per heavy atom. The van der Waals surface area contributed by atoms with Crippen LogP contribution < -0.4 is 0 Å². The first kappa shape index (κ1) is 18.4. The van der Waals surface area contributed by atoms with Gasteiger partial charge in [-0.1, -0.05) is 0 Å². The summed E-state index contributed by atoms with van der Waals surface area (Å²) < 4.78 is 82.2. The van der Waals surface area contributed by atoms with Gasteiger partial charge in [0.2, 0.25) is 0 Å². The molecule has 10 heteroatoms. The van der Waals surface area contributed by atoms with Crippen LogP contribution >= 0.6 is 11.6 Å². The van der Waals surface area contributed by atoms with Crippen LogP contribution in [0.4, 0.5) is 22.0 Å². The number of sulfone groups is 1. The maximum absolute atomic E-state index is 12.7. The van der Waals surface area contributed by atoms with Crippen molar-refractivity contribution in [1.82, 2.24) is 0 Å². The number of halogens is 6. The van der Waals surface area contributed by atoms with Crippen molar-refractivity contribution < 1.29 is 30.4 Å². The van der Waals surface area contributed by atoms with Crippen LogP contribution in [-0.4, -0.2) is 36.9 Å². The third-order valence-corrected chi connectivity index (χ3v) is 5.42. The number of hydrogen-bond donors (Lipinski definition) is 0. The van der Waals surface area contributed by atoms with Crippen LogP contribution in [0, 0.1) is 11.3 Å². The van der Waals surface area contributed by atoms with E-state index in [9.17, 15) is 30.4 Å². The van der Waals surface area contributed by atoms with Crippen molar-refractivity contribution in [1.29, 1.82) is 5.26 Å². The highest BCUT2D eigenvalue weighted by Gasteiger charge is 2.58. The largest absolute Gasteiger partial charge is 0.453 e. The van der Waals surface area contributed by atoms with Gasteiger partial charge in [0, 0.05) is 12.3 Å². The number of nitrogens with zero attached hydrogens (tertiary/aromatic N) is 1. The minimum atomic E-state index is -5.78. The van der Waals surface area contributed by atoms with Gasteiger partial charge in [0.1, 0.15) is 0 Å². The van der Waals surface area contributed by atoms with Gasteiger partial charge in [-0.3, -0.25) is 0 Å². The van der Waals surface area contributed by atoms with E-state index >= 15 is 0 Å². The van der Waals surface area contributed by atoms with Crippen molar-refractivity contribution in [2.24, 2.45) is 0 Å². The molecule has 0 amide bonds. The van der Waals surface area contributed by atoms with Crippen molar-refractivity contribution in [2.45, 2.75) is 36.6 Å². The molecule has 0 aliphatic carbocycles. The second-order valence-electron chi connectivity index (χ2n) is 4.05. The molecule has 0 rings (SSSR count). The number of rotatable bonds is 6. The molecule has 0 N–H and O–H groups in total. The highest BCUT2D eigenvalue weighted by Crippen LogP contribution is 2.41. The van der Waals surface area contributed by atoms with Crippen LogP contribution in [0.15, 0.2) is 0 Å². The SMILES string of the molecule is CC(C#N)(CCC(F)(F)C(F)(F)F)S(=O)(=O)CCCl.